The zero-order valence-electron chi connectivity index (χ0n) is 9.18. The monoisotopic (exact) mass is 268 g/mol. The van der Waals surface area contributed by atoms with Crippen LogP contribution in [0.3, 0.4) is 0 Å². The molecule has 19 heavy (non-hydrogen) atoms. The molecule has 0 bridgehead atoms. The summed E-state index contributed by atoms with van der Waals surface area (Å²) in [6, 6.07) is 1.56. The highest BCUT2D eigenvalue weighted by Gasteiger charge is 2.15. The van der Waals surface area contributed by atoms with Gasteiger partial charge in [0, 0.05) is 6.07 Å². The molecule has 0 saturated carbocycles. The summed E-state index contributed by atoms with van der Waals surface area (Å²) in [6.45, 7) is 0. The van der Waals surface area contributed by atoms with Crippen molar-refractivity contribution in [3.63, 3.8) is 0 Å². The van der Waals surface area contributed by atoms with Crippen molar-refractivity contribution in [1.29, 1.82) is 0 Å². The van der Waals surface area contributed by atoms with Crippen LogP contribution >= 0.6 is 0 Å². The number of nitrogens with one attached hydrogen (secondary N) is 2. The number of urea groups is 1. The molecule has 1 aromatic carbocycles. The summed E-state index contributed by atoms with van der Waals surface area (Å²) in [7, 11) is 0. The summed E-state index contributed by atoms with van der Waals surface area (Å²) in [6.07, 6.45) is 0.909. The van der Waals surface area contributed by atoms with Crippen molar-refractivity contribution >= 4 is 17.6 Å². The van der Waals surface area contributed by atoms with Crippen LogP contribution in [0.1, 0.15) is 10.6 Å². The third-order valence-electron chi connectivity index (χ3n) is 1.97. The van der Waals surface area contributed by atoms with Gasteiger partial charge in [0.25, 0.3) is 5.82 Å². The van der Waals surface area contributed by atoms with Crippen LogP contribution in [0.2, 0.25) is 0 Å². The highest BCUT2D eigenvalue weighted by Crippen LogP contribution is 2.14. The Morgan fingerprint density at radius 1 is 1.26 bits per heavy atom. The van der Waals surface area contributed by atoms with E-state index in [0.717, 1.165) is 18.5 Å². The molecule has 98 valence electrons. The Kier molecular flexibility index (Phi) is 3.46. The maximum Gasteiger partial charge on any atom is 0.326 e. The van der Waals surface area contributed by atoms with Crippen LogP contribution in [0.5, 0.6) is 0 Å². The van der Waals surface area contributed by atoms with Gasteiger partial charge in [0.2, 0.25) is 6.39 Å². The summed E-state index contributed by atoms with van der Waals surface area (Å²) >= 11 is 0. The summed E-state index contributed by atoms with van der Waals surface area (Å²) in [4.78, 5) is 26.1. The van der Waals surface area contributed by atoms with Crippen molar-refractivity contribution in [2.75, 3.05) is 5.32 Å². The number of rotatable bonds is 2. The lowest BCUT2D eigenvalue weighted by atomic mass is 10.3. The SMILES string of the molecule is O=C(NC(=O)c1ncon1)Nc1ccc(F)cc1F. The van der Waals surface area contributed by atoms with Gasteiger partial charge in [0.1, 0.15) is 11.6 Å². The second-order valence-corrected chi connectivity index (χ2v) is 3.29. The van der Waals surface area contributed by atoms with E-state index in [1.54, 1.807) is 0 Å². The van der Waals surface area contributed by atoms with E-state index in [0.29, 0.717) is 6.07 Å². The molecule has 0 atom stereocenters. The molecule has 0 aliphatic rings. The second-order valence-electron chi connectivity index (χ2n) is 3.29. The van der Waals surface area contributed by atoms with Gasteiger partial charge in [-0.05, 0) is 12.1 Å². The molecule has 0 unspecified atom stereocenters. The molecule has 0 aliphatic carbocycles. The minimum absolute atomic E-state index is 0.278. The first-order valence-corrected chi connectivity index (χ1v) is 4.90. The zero-order valence-corrected chi connectivity index (χ0v) is 9.18. The second kappa shape index (κ2) is 5.21. The number of carbonyl (C=O) groups excluding carboxylic acids is 2. The predicted molar refractivity (Wildman–Crippen MR) is 57.1 cm³/mol. The fourth-order valence-electron chi connectivity index (χ4n) is 1.17. The number of carbonyl (C=O) groups is 2. The molecule has 0 radical (unpaired) electrons. The van der Waals surface area contributed by atoms with Crippen LogP contribution in [-0.2, 0) is 0 Å². The number of halogens is 2. The van der Waals surface area contributed by atoms with Gasteiger partial charge in [0.15, 0.2) is 0 Å². The largest absolute Gasteiger partial charge is 0.342 e. The number of nitrogens with zero attached hydrogens (tertiary/aromatic N) is 2. The van der Waals surface area contributed by atoms with E-state index < -0.39 is 23.6 Å². The first-order chi connectivity index (χ1) is 9.06. The van der Waals surface area contributed by atoms with E-state index in [-0.39, 0.29) is 11.5 Å². The standard InChI is InChI=1S/C10H6F2N4O3/c11-5-1-2-7(6(12)3-5)14-10(18)15-9(17)8-13-4-19-16-8/h1-4H,(H2,14,15,17,18). The third-order valence-corrected chi connectivity index (χ3v) is 1.97. The molecule has 3 amide bonds. The molecule has 2 rings (SSSR count). The smallest absolute Gasteiger partial charge is 0.326 e. The molecule has 2 N–H and O–H groups in total. The molecule has 9 heteroatoms. The molecule has 0 fully saturated rings. The van der Waals surface area contributed by atoms with E-state index in [1.807, 2.05) is 10.6 Å². The number of hydrogen-bond acceptors (Lipinski definition) is 5. The third kappa shape index (κ3) is 3.09. The number of aromatic nitrogens is 2. The van der Waals surface area contributed by atoms with Crippen LogP contribution in [0, 0.1) is 11.6 Å². The van der Waals surface area contributed by atoms with Gasteiger partial charge < -0.3 is 9.84 Å². The predicted octanol–water partition coefficient (Wildman–Crippen LogP) is 1.31. The first-order valence-electron chi connectivity index (χ1n) is 4.90. The van der Waals surface area contributed by atoms with Crippen LogP contribution in [0.15, 0.2) is 29.1 Å². The Bertz CT molecular complexity index is 615. The lowest BCUT2D eigenvalue weighted by Crippen LogP contribution is -2.35. The Hall–Kier alpha value is -2.84. The fraction of sp³-hybridized carbons (Fsp3) is 0. The first kappa shape index (κ1) is 12.6. The topological polar surface area (TPSA) is 97.1 Å². The van der Waals surface area contributed by atoms with Crippen molar-refractivity contribution in [2.24, 2.45) is 0 Å². The lowest BCUT2D eigenvalue weighted by Gasteiger charge is -2.06. The number of amides is 3. The number of hydrogen-bond donors (Lipinski definition) is 2. The van der Waals surface area contributed by atoms with Gasteiger partial charge in [-0.2, -0.15) is 4.98 Å². The van der Waals surface area contributed by atoms with Gasteiger partial charge in [-0.1, -0.05) is 5.16 Å². The molecule has 0 saturated heterocycles. The molecule has 0 spiro atoms. The molecular weight excluding hydrogens is 262 g/mol. The van der Waals surface area contributed by atoms with Crippen molar-refractivity contribution in [1.82, 2.24) is 15.5 Å². The van der Waals surface area contributed by atoms with E-state index in [4.69, 9.17) is 0 Å². The van der Waals surface area contributed by atoms with E-state index in [1.165, 1.54) is 0 Å². The van der Waals surface area contributed by atoms with Crippen molar-refractivity contribution in [3.05, 3.63) is 42.1 Å². The highest BCUT2D eigenvalue weighted by molar-refractivity contribution is 6.06. The summed E-state index contributed by atoms with van der Waals surface area (Å²) < 4.78 is 30.2. The minimum Gasteiger partial charge on any atom is -0.342 e. The van der Waals surface area contributed by atoms with Crippen LogP contribution in [0.4, 0.5) is 19.3 Å². The maximum absolute atomic E-state index is 13.2. The van der Waals surface area contributed by atoms with Gasteiger partial charge in [-0.3, -0.25) is 10.1 Å². The van der Waals surface area contributed by atoms with Crippen molar-refractivity contribution in [3.8, 4) is 0 Å². The molecule has 1 aromatic heterocycles. The lowest BCUT2D eigenvalue weighted by molar-refractivity contribution is 0.0954. The molecular formula is C10H6F2N4O3. The van der Waals surface area contributed by atoms with E-state index in [9.17, 15) is 18.4 Å². The Morgan fingerprint density at radius 3 is 2.68 bits per heavy atom. The minimum atomic E-state index is -1.01. The van der Waals surface area contributed by atoms with Gasteiger partial charge >= 0.3 is 11.9 Å². The number of imide groups is 1. The average molecular weight is 268 g/mol. The van der Waals surface area contributed by atoms with Crippen LogP contribution < -0.4 is 10.6 Å². The van der Waals surface area contributed by atoms with Crippen molar-refractivity contribution < 1.29 is 22.9 Å². The maximum atomic E-state index is 13.2. The summed E-state index contributed by atoms with van der Waals surface area (Å²) in [5.41, 5.74) is -0.278. The van der Waals surface area contributed by atoms with Crippen LogP contribution in [-0.4, -0.2) is 22.1 Å². The summed E-state index contributed by atoms with van der Waals surface area (Å²) in [5.74, 6) is -3.03. The molecule has 2 aromatic rings. The van der Waals surface area contributed by atoms with Crippen molar-refractivity contribution in [2.45, 2.75) is 0 Å². The van der Waals surface area contributed by atoms with E-state index in [2.05, 4.69) is 14.7 Å². The zero-order chi connectivity index (χ0) is 13.8. The highest BCUT2D eigenvalue weighted by atomic mass is 19.1. The number of benzene rings is 1. The number of anilines is 1. The van der Waals surface area contributed by atoms with E-state index >= 15 is 0 Å². The molecule has 0 aliphatic heterocycles. The Morgan fingerprint density at radius 2 is 2.05 bits per heavy atom. The average Bonchev–Trinajstić information content (AvgIpc) is 2.86. The Balaban J connectivity index is 2.00. The molecule has 1 heterocycles. The van der Waals surface area contributed by atoms with Crippen LogP contribution in [0.25, 0.3) is 0 Å². The fourth-order valence-corrected chi connectivity index (χ4v) is 1.17. The normalized spacial score (nSPS) is 10.0. The van der Waals surface area contributed by atoms with Gasteiger partial charge in [-0.25, -0.2) is 13.6 Å². The van der Waals surface area contributed by atoms with Gasteiger partial charge in [0.05, 0.1) is 5.69 Å². The quantitative estimate of drug-likeness (QED) is 0.855. The molecule has 7 nitrogen and oxygen atoms in total. The van der Waals surface area contributed by atoms with Gasteiger partial charge in [-0.15, -0.1) is 0 Å². The summed E-state index contributed by atoms with van der Waals surface area (Å²) in [5, 5.41) is 7.07. The Labute approximate surface area is 104 Å².